The summed E-state index contributed by atoms with van der Waals surface area (Å²) in [6.45, 7) is -0.262. The molecule has 0 fully saturated rings. The first-order chi connectivity index (χ1) is 10.6. The van der Waals surface area contributed by atoms with E-state index in [0.717, 1.165) is 5.56 Å². The van der Waals surface area contributed by atoms with Crippen molar-refractivity contribution in [3.8, 4) is 5.75 Å². The lowest BCUT2D eigenvalue weighted by Crippen LogP contribution is -2.24. The van der Waals surface area contributed by atoms with Gasteiger partial charge in [-0.3, -0.25) is 9.78 Å². The highest BCUT2D eigenvalue weighted by molar-refractivity contribution is 6.43. The van der Waals surface area contributed by atoms with Crippen LogP contribution in [0.25, 0.3) is 0 Å². The van der Waals surface area contributed by atoms with Gasteiger partial charge in [-0.15, -0.1) is 0 Å². The number of benzene rings is 1. The van der Waals surface area contributed by atoms with E-state index in [1.807, 2.05) is 0 Å². The van der Waals surface area contributed by atoms with Gasteiger partial charge in [0.1, 0.15) is 5.75 Å². The molecule has 5 nitrogen and oxygen atoms in total. The standard InChI is InChI=1S/C14H10Cl3N3O2/c15-10-4-12(17)13(5-11(10)16)22-8-14(21)20-19-7-9-2-1-3-18-6-9/h1-7H,8H2,(H,20,21)/b19-7-. The molecule has 1 aromatic carbocycles. The van der Waals surface area contributed by atoms with Gasteiger partial charge in [-0.25, -0.2) is 5.43 Å². The zero-order valence-electron chi connectivity index (χ0n) is 11.1. The van der Waals surface area contributed by atoms with Crippen LogP contribution >= 0.6 is 34.8 Å². The molecule has 22 heavy (non-hydrogen) atoms. The second-order valence-corrected chi connectivity index (χ2v) is 5.29. The number of carbonyl (C=O) groups excluding carboxylic acids is 1. The third-order valence-corrected chi connectivity index (χ3v) is 3.44. The molecule has 1 aromatic heterocycles. The molecular weight excluding hydrogens is 349 g/mol. The first kappa shape index (κ1) is 16.5. The van der Waals surface area contributed by atoms with Gasteiger partial charge in [0.2, 0.25) is 0 Å². The molecule has 0 aliphatic heterocycles. The van der Waals surface area contributed by atoms with Gasteiger partial charge in [-0.05, 0) is 12.1 Å². The number of pyridine rings is 1. The fourth-order valence-electron chi connectivity index (χ4n) is 1.42. The quantitative estimate of drug-likeness (QED) is 0.505. The molecule has 2 aromatic rings. The Morgan fingerprint density at radius 2 is 2.05 bits per heavy atom. The second-order valence-electron chi connectivity index (χ2n) is 4.06. The molecule has 0 aliphatic rings. The predicted molar refractivity (Wildman–Crippen MR) is 86.9 cm³/mol. The SMILES string of the molecule is O=C(COc1cc(Cl)c(Cl)cc1Cl)N/N=C\c1cccnc1. The minimum absolute atomic E-state index is 0.262. The van der Waals surface area contributed by atoms with E-state index in [1.54, 1.807) is 24.5 Å². The van der Waals surface area contributed by atoms with Crippen LogP contribution in [0.3, 0.4) is 0 Å². The number of carbonyl (C=O) groups is 1. The minimum Gasteiger partial charge on any atom is -0.482 e. The molecule has 2 rings (SSSR count). The van der Waals surface area contributed by atoms with Crippen molar-refractivity contribution in [2.75, 3.05) is 6.61 Å². The molecule has 0 saturated carbocycles. The number of hydrogen-bond donors (Lipinski definition) is 1. The number of ether oxygens (including phenoxy) is 1. The van der Waals surface area contributed by atoms with Crippen LogP contribution in [-0.4, -0.2) is 23.7 Å². The van der Waals surface area contributed by atoms with E-state index in [9.17, 15) is 4.79 Å². The lowest BCUT2D eigenvalue weighted by Gasteiger charge is -2.08. The topological polar surface area (TPSA) is 63.6 Å². The highest BCUT2D eigenvalue weighted by Gasteiger charge is 2.09. The van der Waals surface area contributed by atoms with Gasteiger partial charge >= 0.3 is 0 Å². The van der Waals surface area contributed by atoms with Gasteiger partial charge in [-0.2, -0.15) is 5.10 Å². The molecule has 0 unspecified atom stereocenters. The van der Waals surface area contributed by atoms with Crippen LogP contribution in [0.1, 0.15) is 5.56 Å². The Bertz CT molecular complexity index is 693. The maximum atomic E-state index is 11.6. The van der Waals surface area contributed by atoms with Crippen LogP contribution in [0.2, 0.25) is 15.1 Å². The third-order valence-electron chi connectivity index (χ3n) is 2.42. The molecule has 0 radical (unpaired) electrons. The van der Waals surface area contributed by atoms with Crippen LogP contribution in [-0.2, 0) is 4.79 Å². The fraction of sp³-hybridized carbons (Fsp3) is 0.0714. The maximum absolute atomic E-state index is 11.6. The number of nitrogens with zero attached hydrogens (tertiary/aromatic N) is 2. The summed E-state index contributed by atoms with van der Waals surface area (Å²) in [6.07, 6.45) is 4.73. The van der Waals surface area contributed by atoms with Crippen molar-refractivity contribution in [2.45, 2.75) is 0 Å². The van der Waals surface area contributed by atoms with Crippen LogP contribution in [0.4, 0.5) is 0 Å². The molecular formula is C14H10Cl3N3O2. The first-order valence-electron chi connectivity index (χ1n) is 6.05. The Morgan fingerprint density at radius 3 is 2.77 bits per heavy atom. The Labute approximate surface area is 141 Å². The summed E-state index contributed by atoms with van der Waals surface area (Å²) in [5.74, 6) is -0.176. The number of aromatic nitrogens is 1. The van der Waals surface area contributed by atoms with Crippen LogP contribution in [0, 0.1) is 0 Å². The van der Waals surface area contributed by atoms with E-state index in [4.69, 9.17) is 39.5 Å². The Balaban J connectivity index is 1.86. The van der Waals surface area contributed by atoms with E-state index in [-0.39, 0.29) is 22.4 Å². The second kappa shape index (κ2) is 7.98. The minimum atomic E-state index is -0.442. The van der Waals surface area contributed by atoms with E-state index in [0.29, 0.717) is 5.02 Å². The molecule has 114 valence electrons. The summed E-state index contributed by atoms with van der Waals surface area (Å²) in [6, 6.07) is 6.45. The number of hydrogen-bond acceptors (Lipinski definition) is 4. The van der Waals surface area contributed by atoms with E-state index in [2.05, 4.69) is 15.5 Å². The number of amides is 1. The predicted octanol–water partition coefficient (Wildman–Crippen LogP) is 3.57. The van der Waals surface area contributed by atoms with Crippen molar-refractivity contribution < 1.29 is 9.53 Å². The lowest BCUT2D eigenvalue weighted by atomic mass is 10.3. The zero-order valence-corrected chi connectivity index (χ0v) is 13.4. The van der Waals surface area contributed by atoms with Crippen molar-refractivity contribution in [3.63, 3.8) is 0 Å². The summed E-state index contributed by atoms with van der Waals surface area (Å²) in [5, 5.41) is 4.65. The monoisotopic (exact) mass is 357 g/mol. The molecule has 0 saturated heterocycles. The summed E-state index contributed by atoms with van der Waals surface area (Å²) < 4.78 is 5.26. The van der Waals surface area contributed by atoms with Gasteiger partial charge in [0, 0.05) is 24.0 Å². The van der Waals surface area contributed by atoms with Gasteiger partial charge in [0.25, 0.3) is 5.91 Å². The van der Waals surface area contributed by atoms with Crippen molar-refractivity contribution in [1.29, 1.82) is 0 Å². The smallest absolute Gasteiger partial charge is 0.277 e. The van der Waals surface area contributed by atoms with Gasteiger partial charge in [0.05, 0.1) is 21.3 Å². The van der Waals surface area contributed by atoms with Gasteiger partial charge in [-0.1, -0.05) is 40.9 Å². The molecule has 1 amide bonds. The van der Waals surface area contributed by atoms with E-state index in [1.165, 1.54) is 18.3 Å². The summed E-state index contributed by atoms with van der Waals surface area (Å²) in [5.41, 5.74) is 3.08. The van der Waals surface area contributed by atoms with Crippen molar-refractivity contribution in [2.24, 2.45) is 5.10 Å². The lowest BCUT2D eigenvalue weighted by molar-refractivity contribution is -0.123. The molecule has 0 atom stereocenters. The molecule has 0 aliphatic carbocycles. The zero-order chi connectivity index (χ0) is 15.9. The van der Waals surface area contributed by atoms with Crippen LogP contribution in [0.5, 0.6) is 5.75 Å². The average molecular weight is 359 g/mol. The third kappa shape index (κ3) is 4.87. The number of hydrazone groups is 1. The molecule has 0 bridgehead atoms. The molecule has 1 heterocycles. The van der Waals surface area contributed by atoms with E-state index < -0.39 is 5.91 Å². The van der Waals surface area contributed by atoms with Gasteiger partial charge in [0.15, 0.2) is 6.61 Å². The molecule has 0 spiro atoms. The molecule has 1 N–H and O–H groups in total. The van der Waals surface area contributed by atoms with Crippen molar-refractivity contribution in [1.82, 2.24) is 10.4 Å². The normalized spacial score (nSPS) is 10.7. The maximum Gasteiger partial charge on any atom is 0.277 e. The first-order valence-corrected chi connectivity index (χ1v) is 7.19. The number of rotatable bonds is 5. The number of nitrogens with one attached hydrogen (secondary N) is 1. The molecule has 8 heteroatoms. The van der Waals surface area contributed by atoms with E-state index >= 15 is 0 Å². The van der Waals surface area contributed by atoms with Gasteiger partial charge < -0.3 is 4.74 Å². The highest BCUT2D eigenvalue weighted by atomic mass is 35.5. The Morgan fingerprint density at radius 1 is 1.27 bits per heavy atom. The average Bonchev–Trinajstić information content (AvgIpc) is 2.50. The van der Waals surface area contributed by atoms with Crippen molar-refractivity contribution >= 4 is 46.9 Å². The Hall–Kier alpha value is -1.82. The highest BCUT2D eigenvalue weighted by Crippen LogP contribution is 2.33. The van der Waals surface area contributed by atoms with Crippen molar-refractivity contribution in [3.05, 3.63) is 57.3 Å². The fourth-order valence-corrected chi connectivity index (χ4v) is 2.01. The summed E-state index contributed by atoms with van der Waals surface area (Å²) >= 11 is 17.6. The largest absolute Gasteiger partial charge is 0.482 e. The van der Waals surface area contributed by atoms with Crippen LogP contribution < -0.4 is 10.2 Å². The summed E-state index contributed by atoms with van der Waals surface area (Å²) in [7, 11) is 0. The Kier molecular flexibility index (Phi) is 6.00. The number of halogens is 3. The summed E-state index contributed by atoms with van der Waals surface area (Å²) in [4.78, 5) is 15.5. The van der Waals surface area contributed by atoms with Crippen LogP contribution in [0.15, 0.2) is 41.8 Å².